The smallest absolute Gasteiger partial charge is 0.203 e. The van der Waals surface area contributed by atoms with E-state index in [1.165, 1.54) is 0 Å². The molecular formula is C13H26N4. The Bertz CT molecular complexity index is 331. The molecule has 98 valence electrons. The molecule has 4 heteroatoms. The largest absolute Gasteiger partial charge is 0.352 e. The molecule has 0 radical (unpaired) electrons. The summed E-state index contributed by atoms with van der Waals surface area (Å²) in [5.41, 5.74) is 1.06. The summed E-state index contributed by atoms with van der Waals surface area (Å²) in [6, 6.07) is 0.450. The minimum Gasteiger partial charge on any atom is -0.352 e. The van der Waals surface area contributed by atoms with Crippen LogP contribution in [0.15, 0.2) is 6.20 Å². The average Bonchev–Trinajstić information content (AvgIpc) is 2.42. The van der Waals surface area contributed by atoms with Crippen LogP contribution in [0.5, 0.6) is 0 Å². The predicted molar refractivity (Wildman–Crippen MR) is 73.4 cm³/mol. The molecule has 0 aliphatic carbocycles. The monoisotopic (exact) mass is 238 g/mol. The number of aryl methyl sites for hydroxylation is 2. The van der Waals surface area contributed by atoms with E-state index >= 15 is 0 Å². The van der Waals surface area contributed by atoms with Crippen LogP contribution in [0.4, 0.5) is 5.95 Å². The third-order valence-electron chi connectivity index (χ3n) is 2.67. The molecule has 1 aromatic heterocycles. The van der Waals surface area contributed by atoms with Gasteiger partial charge >= 0.3 is 0 Å². The van der Waals surface area contributed by atoms with Crippen LogP contribution >= 0.6 is 0 Å². The lowest BCUT2D eigenvalue weighted by molar-refractivity contribution is 0.355. The SMILES string of the molecule is Cc1cn(C)c(NC(CC(C)C)CN(C)C)n1. The second-order valence-electron chi connectivity index (χ2n) is 5.55. The summed E-state index contributed by atoms with van der Waals surface area (Å²) in [5.74, 6) is 1.66. The van der Waals surface area contributed by atoms with E-state index in [0.717, 1.165) is 24.6 Å². The molecular weight excluding hydrogens is 212 g/mol. The molecule has 4 nitrogen and oxygen atoms in total. The average molecular weight is 238 g/mol. The Morgan fingerprint density at radius 3 is 2.47 bits per heavy atom. The minimum atomic E-state index is 0.450. The van der Waals surface area contributed by atoms with E-state index in [0.29, 0.717) is 12.0 Å². The molecule has 1 heterocycles. The molecule has 17 heavy (non-hydrogen) atoms. The van der Waals surface area contributed by atoms with Gasteiger partial charge < -0.3 is 14.8 Å². The van der Waals surface area contributed by atoms with Crippen LogP contribution in [0, 0.1) is 12.8 Å². The van der Waals surface area contributed by atoms with Gasteiger partial charge in [-0.3, -0.25) is 0 Å². The van der Waals surface area contributed by atoms with E-state index < -0.39 is 0 Å². The van der Waals surface area contributed by atoms with Crippen LogP contribution in [0.25, 0.3) is 0 Å². The third-order valence-corrected chi connectivity index (χ3v) is 2.67. The van der Waals surface area contributed by atoms with Gasteiger partial charge in [-0.05, 0) is 33.4 Å². The lowest BCUT2D eigenvalue weighted by Gasteiger charge is -2.24. The number of imidazole rings is 1. The van der Waals surface area contributed by atoms with Crippen molar-refractivity contribution >= 4 is 5.95 Å². The quantitative estimate of drug-likeness (QED) is 0.824. The molecule has 1 atom stereocenters. The number of aromatic nitrogens is 2. The molecule has 0 bridgehead atoms. The molecule has 1 aromatic rings. The van der Waals surface area contributed by atoms with Crippen LogP contribution in [-0.4, -0.2) is 41.1 Å². The summed E-state index contributed by atoms with van der Waals surface area (Å²) in [6.07, 6.45) is 3.20. The highest BCUT2D eigenvalue weighted by atomic mass is 15.2. The molecule has 0 saturated heterocycles. The standard InChI is InChI=1S/C13H26N4/c1-10(2)7-12(9-16(4)5)15-13-14-11(3)8-17(13)6/h8,10,12H,7,9H2,1-6H3,(H,14,15). The summed E-state index contributed by atoms with van der Waals surface area (Å²) in [6.45, 7) is 7.57. The van der Waals surface area contributed by atoms with Crippen molar-refractivity contribution in [3.8, 4) is 0 Å². The molecule has 0 aliphatic rings. The zero-order valence-corrected chi connectivity index (χ0v) is 12.0. The van der Waals surface area contributed by atoms with Crippen molar-refractivity contribution in [3.63, 3.8) is 0 Å². The molecule has 0 spiro atoms. The van der Waals surface area contributed by atoms with Gasteiger partial charge in [0, 0.05) is 25.8 Å². The van der Waals surface area contributed by atoms with Crippen LogP contribution in [0.3, 0.4) is 0 Å². The number of rotatable bonds is 6. The highest BCUT2D eigenvalue weighted by Crippen LogP contribution is 2.13. The maximum Gasteiger partial charge on any atom is 0.203 e. The number of likely N-dealkylation sites (N-methyl/N-ethyl adjacent to an activating group) is 1. The van der Waals surface area contributed by atoms with Crippen molar-refractivity contribution in [1.82, 2.24) is 14.5 Å². The molecule has 1 N–H and O–H groups in total. The first kappa shape index (κ1) is 14.0. The molecule has 1 rings (SSSR count). The van der Waals surface area contributed by atoms with E-state index in [4.69, 9.17) is 0 Å². The zero-order valence-electron chi connectivity index (χ0n) is 12.0. The number of nitrogens with one attached hydrogen (secondary N) is 1. The second kappa shape index (κ2) is 6.05. The molecule has 0 fully saturated rings. The first-order valence-corrected chi connectivity index (χ1v) is 6.29. The van der Waals surface area contributed by atoms with Crippen molar-refractivity contribution in [3.05, 3.63) is 11.9 Å². The van der Waals surface area contributed by atoms with Crippen molar-refractivity contribution in [1.29, 1.82) is 0 Å². The summed E-state index contributed by atoms with van der Waals surface area (Å²) in [7, 11) is 6.25. The van der Waals surface area contributed by atoms with Crippen LogP contribution in [0.1, 0.15) is 26.0 Å². The first-order chi connectivity index (χ1) is 7.88. The Morgan fingerprint density at radius 1 is 1.41 bits per heavy atom. The molecule has 0 amide bonds. The van der Waals surface area contributed by atoms with Gasteiger partial charge in [0.2, 0.25) is 5.95 Å². The summed E-state index contributed by atoms with van der Waals surface area (Å²) >= 11 is 0. The van der Waals surface area contributed by atoms with Crippen molar-refractivity contribution in [2.45, 2.75) is 33.2 Å². The fourth-order valence-corrected chi connectivity index (χ4v) is 2.12. The minimum absolute atomic E-state index is 0.450. The van der Waals surface area contributed by atoms with Gasteiger partial charge in [-0.25, -0.2) is 4.98 Å². The van der Waals surface area contributed by atoms with E-state index in [-0.39, 0.29) is 0 Å². The second-order valence-corrected chi connectivity index (χ2v) is 5.55. The van der Waals surface area contributed by atoms with Gasteiger partial charge in [-0.2, -0.15) is 0 Å². The van der Waals surface area contributed by atoms with Gasteiger partial charge in [0.15, 0.2) is 0 Å². The Balaban J connectivity index is 2.67. The lowest BCUT2D eigenvalue weighted by Crippen LogP contribution is -2.34. The maximum atomic E-state index is 4.50. The van der Waals surface area contributed by atoms with E-state index in [2.05, 4.69) is 47.7 Å². The van der Waals surface area contributed by atoms with Gasteiger partial charge in [0.1, 0.15) is 0 Å². The highest BCUT2D eigenvalue weighted by molar-refractivity contribution is 5.29. The molecule has 0 aliphatic heterocycles. The number of nitrogens with zero attached hydrogens (tertiary/aromatic N) is 3. The zero-order chi connectivity index (χ0) is 13.0. The van der Waals surface area contributed by atoms with E-state index in [9.17, 15) is 0 Å². The van der Waals surface area contributed by atoms with Gasteiger partial charge in [0.05, 0.1) is 5.69 Å². The first-order valence-electron chi connectivity index (χ1n) is 6.29. The van der Waals surface area contributed by atoms with E-state index in [1.807, 2.05) is 20.2 Å². The Hall–Kier alpha value is -1.03. The Labute approximate surface area is 105 Å². The number of hydrogen-bond donors (Lipinski definition) is 1. The topological polar surface area (TPSA) is 33.1 Å². The van der Waals surface area contributed by atoms with Crippen LogP contribution in [-0.2, 0) is 7.05 Å². The highest BCUT2D eigenvalue weighted by Gasteiger charge is 2.14. The van der Waals surface area contributed by atoms with Gasteiger partial charge in [0.25, 0.3) is 0 Å². The predicted octanol–water partition coefficient (Wildman–Crippen LogP) is 2.12. The molecule has 0 aromatic carbocycles. The number of anilines is 1. The fourth-order valence-electron chi connectivity index (χ4n) is 2.12. The van der Waals surface area contributed by atoms with Crippen molar-refractivity contribution < 1.29 is 0 Å². The Morgan fingerprint density at radius 2 is 2.06 bits per heavy atom. The van der Waals surface area contributed by atoms with E-state index in [1.54, 1.807) is 0 Å². The van der Waals surface area contributed by atoms with Crippen molar-refractivity contribution in [2.24, 2.45) is 13.0 Å². The van der Waals surface area contributed by atoms with Gasteiger partial charge in [-0.15, -0.1) is 0 Å². The fraction of sp³-hybridized carbons (Fsp3) is 0.769. The van der Waals surface area contributed by atoms with Crippen LogP contribution < -0.4 is 5.32 Å². The van der Waals surface area contributed by atoms with Crippen molar-refractivity contribution in [2.75, 3.05) is 26.0 Å². The summed E-state index contributed by atoms with van der Waals surface area (Å²) in [4.78, 5) is 6.72. The molecule has 0 saturated carbocycles. The lowest BCUT2D eigenvalue weighted by atomic mass is 10.0. The maximum absolute atomic E-state index is 4.50. The normalized spacial score (nSPS) is 13.4. The Kier molecular flexibility index (Phi) is 5.00. The summed E-state index contributed by atoms with van der Waals surface area (Å²) in [5, 5.41) is 3.54. The number of hydrogen-bond acceptors (Lipinski definition) is 3. The third kappa shape index (κ3) is 4.77. The van der Waals surface area contributed by atoms with Gasteiger partial charge in [-0.1, -0.05) is 13.8 Å². The molecule has 1 unspecified atom stereocenters. The van der Waals surface area contributed by atoms with Crippen LogP contribution in [0.2, 0.25) is 0 Å². The summed E-state index contributed by atoms with van der Waals surface area (Å²) < 4.78 is 2.05.